The molecule has 1 amide bonds. The third kappa shape index (κ3) is 2.78. The maximum atomic E-state index is 12.3. The zero-order valence-electron chi connectivity index (χ0n) is 12.7. The topological polar surface area (TPSA) is 118 Å². The zero-order chi connectivity index (χ0) is 17.4. The van der Waals surface area contributed by atoms with Crippen molar-refractivity contribution in [1.29, 1.82) is 0 Å². The van der Waals surface area contributed by atoms with Crippen LogP contribution in [-0.2, 0) is 0 Å². The number of rotatable bonds is 3. The number of aromatic amines is 2. The Morgan fingerprint density at radius 2 is 1.80 bits per heavy atom. The molecule has 9 heteroatoms. The summed E-state index contributed by atoms with van der Waals surface area (Å²) in [5, 5.41) is 5.10. The van der Waals surface area contributed by atoms with Crippen LogP contribution in [0.4, 0.5) is 5.69 Å². The summed E-state index contributed by atoms with van der Waals surface area (Å²) in [7, 11) is 0. The number of hydrogen-bond donors (Lipinski definition) is 3. The van der Waals surface area contributed by atoms with E-state index in [0.29, 0.717) is 28.4 Å². The highest BCUT2D eigenvalue weighted by Gasteiger charge is 2.15. The van der Waals surface area contributed by atoms with Gasteiger partial charge in [-0.25, -0.2) is 19.4 Å². The molecule has 2 heterocycles. The lowest BCUT2D eigenvalue weighted by molar-refractivity contribution is 0.102. The summed E-state index contributed by atoms with van der Waals surface area (Å²) in [4.78, 5) is 37.1. The number of aromatic nitrogens is 3. The lowest BCUT2D eigenvalue weighted by Gasteiger charge is -2.07. The van der Waals surface area contributed by atoms with Crippen LogP contribution < -0.4 is 26.2 Å². The number of nitrogens with zero attached hydrogens (tertiary/aromatic N) is 1. The normalized spacial score (nSPS) is 12.2. The molecule has 0 bridgehead atoms. The van der Waals surface area contributed by atoms with Crippen LogP contribution in [0.1, 0.15) is 10.4 Å². The molecule has 9 nitrogen and oxygen atoms in total. The SMILES string of the molecule is O=C(Nc1ccc2c(c1)OCO2)c1ccc(-n2[nH]c(=O)[nH]c2=O)cc1. The van der Waals surface area contributed by atoms with Crippen LogP contribution in [0.2, 0.25) is 0 Å². The second-order valence-electron chi connectivity index (χ2n) is 5.28. The van der Waals surface area contributed by atoms with E-state index in [2.05, 4.69) is 15.4 Å². The third-order valence-corrected chi connectivity index (χ3v) is 3.66. The van der Waals surface area contributed by atoms with Crippen LogP contribution in [0.25, 0.3) is 5.69 Å². The van der Waals surface area contributed by atoms with Gasteiger partial charge in [0.15, 0.2) is 11.5 Å². The smallest absolute Gasteiger partial charge is 0.349 e. The van der Waals surface area contributed by atoms with E-state index in [9.17, 15) is 14.4 Å². The summed E-state index contributed by atoms with van der Waals surface area (Å²) in [5.74, 6) is 0.887. The molecule has 0 aliphatic carbocycles. The first kappa shape index (κ1) is 14.8. The van der Waals surface area contributed by atoms with E-state index in [1.807, 2.05) is 0 Å². The standard InChI is InChI=1S/C16H12N4O5/c21-14(17-10-3-6-12-13(7-10)25-8-24-12)9-1-4-11(5-2-9)20-16(23)18-15(22)19-20/h1-7H,8H2,(H,17,21)(H2,18,19,22,23). The van der Waals surface area contributed by atoms with Crippen molar-refractivity contribution in [3.8, 4) is 17.2 Å². The first-order valence-corrected chi connectivity index (χ1v) is 7.33. The van der Waals surface area contributed by atoms with Crippen molar-refractivity contribution in [3.05, 3.63) is 69.0 Å². The molecule has 1 aliphatic rings. The first-order chi connectivity index (χ1) is 12.1. The van der Waals surface area contributed by atoms with E-state index in [1.165, 1.54) is 0 Å². The van der Waals surface area contributed by atoms with Crippen LogP contribution in [0.5, 0.6) is 11.5 Å². The maximum Gasteiger partial charge on any atom is 0.349 e. The molecule has 0 atom stereocenters. The summed E-state index contributed by atoms with van der Waals surface area (Å²) in [6.45, 7) is 0.162. The first-order valence-electron chi connectivity index (χ1n) is 7.33. The van der Waals surface area contributed by atoms with Gasteiger partial charge in [-0.2, -0.15) is 0 Å². The van der Waals surface area contributed by atoms with Gasteiger partial charge in [-0.05, 0) is 36.4 Å². The van der Waals surface area contributed by atoms with Crippen LogP contribution in [0, 0.1) is 0 Å². The molecule has 3 aromatic rings. The van der Waals surface area contributed by atoms with E-state index >= 15 is 0 Å². The molecule has 0 unspecified atom stereocenters. The van der Waals surface area contributed by atoms with Crippen molar-refractivity contribution in [2.24, 2.45) is 0 Å². The fourth-order valence-corrected chi connectivity index (χ4v) is 2.45. The number of carbonyl (C=O) groups is 1. The van der Waals surface area contributed by atoms with E-state index in [0.717, 1.165) is 4.68 Å². The van der Waals surface area contributed by atoms with Gasteiger partial charge in [0.05, 0.1) is 5.69 Å². The van der Waals surface area contributed by atoms with Crippen molar-refractivity contribution in [3.63, 3.8) is 0 Å². The Labute approximate surface area is 139 Å². The predicted octanol–water partition coefficient (Wildman–Crippen LogP) is 0.835. The summed E-state index contributed by atoms with van der Waals surface area (Å²) in [6.07, 6.45) is 0. The van der Waals surface area contributed by atoms with Crippen molar-refractivity contribution >= 4 is 11.6 Å². The number of fused-ring (bicyclic) bond motifs is 1. The van der Waals surface area contributed by atoms with Gasteiger partial charge in [0.2, 0.25) is 6.79 Å². The molecule has 126 valence electrons. The Hall–Kier alpha value is -3.75. The molecule has 0 spiro atoms. The molecule has 1 aliphatic heterocycles. The number of nitrogens with one attached hydrogen (secondary N) is 3. The molecule has 4 rings (SSSR count). The molecular formula is C16H12N4O5. The number of carbonyl (C=O) groups excluding carboxylic acids is 1. The number of hydrogen-bond acceptors (Lipinski definition) is 5. The van der Waals surface area contributed by atoms with Gasteiger partial charge in [-0.3, -0.25) is 9.78 Å². The van der Waals surface area contributed by atoms with Crippen LogP contribution in [0.15, 0.2) is 52.1 Å². The van der Waals surface area contributed by atoms with E-state index in [1.54, 1.807) is 42.5 Å². The fourth-order valence-electron chi connectivity index (χ4n) is 2.45. The average Bonchev–Trinajstić information content (AvgIpc) is 3.20. The van der Waals surface area contributed by atoms with Gasteiger partial charge >= 0.3 is 11.4 Å². The lowest BCUT2D eigenvalue weighted by atomic mass is 10.2. The maximum absolute atomic E-state index is 12.3. The molecule has 2 aromatic carbocycles. The van der Waals surface area contributed by atoms with Gasteiger partial charge in [0.1, 0.15) is 0 Å². The molecule has 0 radical (unpaired) electrons. The molecule has 3 N–H and O–H groups in total. The van der Waals surface area contributed by atoms with E-state index in [4.69, 9.17) is 9.47 Å². The summed E-state index contributed by atoms with van der Waals surface area (Å²) in [5.41, 5.74) is 0.219. The van der Waals surface area contributed by atoms with Crippen molar-refractivity contribution in [2.75, 3.05) is 12.1 Å². The quantitative estimate of drug-likeness (QED) is 0.653. The highest BCUT2D eigenvalue weighted by atomic mass is 16.7. The van der Waals surface area contributed by atoms with Crippen LogP contribution in [-0.4, -0.2) is 27.5 Å². The van der Waals surface area contributed by atoms with Gasteiger partial charge in [-0.1, -0.05) is 0 Å². The van der Waals surface area contributed by atoms with Crippen LogP contribution in [0.3, 0.4) is 0 Å². The molecule has 1 aromatic heterocycles. The molecule has 0 saturated heterocycles. The molecular weight excluding hydrogens is 328 g/mol. The largest absolute Gasteiger partial charge is 0.454 e. The van der Waals surface area contributed by atoms with E-state index < -0.39 is 11.4 Å². The van der Waals surface area contributed by atoms with Gasteiger partial charge in [-0.15, -0.1) is 0 Å². The molecule has 25 heavy (non-hydrogen) atoms. The zero-order valence-corrected chi connectivity index (χ0v) is 12.7. The Morgan fingerprint density at radius 1 is 1.04 bits per heavy atom. The molecule has 0 saturated carbocycles. The molecule has 0 fully saturated rings. The van der Waals surface area contributed by atoms with Crippen molar-refractivity contribution in [1.82, 2.24) is 14.8 Å². The van der Waals surface area contributed by atoms with Crippen molar-refractivity contribution in [2.45, 2.75) is 0 Å². The number of benzene rings is 2. The van der Waals surface area contributed by atoms with E-state index in [-0.39, 0.29) is 12.7 Å². The Bertz CT molecular complexity index is 1060. The minimum absolute atomic E-state index is 0.162. The highest BCUT2D eigenvalue weighted by Crippen LogP contribution is 2.34. The number of H-pyrrole nitrogens is 2. The summed E-state index contributed by atoms with van der Waals surface area (Å²) < 4.78 is 11.5. The Morgan fingerprint density at radius 3 is 2.52 bits per heavy atom. The average molecular weight is 340 g/mol. The second kappa shape index (κ2) is 5.71. The summed E-state index contributed by atoms with van der Waals surface area (Å²) in [6, 6.07) is 11.3. The number of amides is 1. The second-order valence-corrected chi connectivity index (χ2v) is 5.28. The summed E-state index contributed by atoms with van der Waals surface area (Å²) >= 11 is 0. The van der Waals surface area contributed by atoms with Gasteiger partial charge < -0.3 is 14.8 Å². The van der Waals surface area contributed by atoms with Gasteiger partial charge in [0, 0.05) is 17.3 Å². The lowest BCUT2D eigenvalue weighted by Crippen LogP contribution is -2.16. The highest BCUT2D eigenvalue weighted by molar-refractivity contribution is 6.04. The van der Waals surface area contributed by atoms with Gasteiger partial charge in [0.25, 0.3) is 5.91 Å². The Kier molecular flexibility index (Phi) is 3.38. The fraction of sp³-hybridized carbons (Fsp3) is 0.0625. The minimum atomic E-state index is -0.602. The van der Waals surface area contributed by atoms with Crippen LogP contribution >= 0.6 is 0 Å². The third-order valence-electron chi connectivity index (χ3n) is 3.66. The predicted molar refractivity (Wildman–Crippen MR) is 87.5 cm³/mol. The number of ether oxygens (including phenoxy) is 2. The van der Waals surface area contributed by atoms with Crippen molar-refractivity contribution < 1.29 is 14.3 Å². The minimum Gasteiger partial charge on any atom is -0.454 e. The Balaban J connectivity index is 1.54. The monoisotopic (exact) mass is 340 g/mol. The number of anilines is 1.